The lowest BCUT2D eigenvalue weighted by Gasteiger charge is -2.56. The fourth-order valence-electron chi connectivity index (χ4n) is 6.40. The van der Waals surface area contributed by atoms with Gasteiger partial charge in [-0.3, -0.25) is 4.79 Å². The summed E-state index contributed by atoms with van der Waals surface area (Å²) in [6.07, 6.45) is 0. The van der Waals surface area contributed by atoms with E-state index < -0.39 is 89.0 Å². The highest BCUT2D eigenvalue weighted by Crippen LogP contribution is 2.44. The second-order valence-corrected chi connectivity index (χ2v) is 40.6. The van der Waals surface area contributed by atoms with Crippen LogP contribution < -0.4 is 15.7 Å². The van der Waals surface area contributed by atoms with Crippen LogP contribution in [-0.2, 0) is 62.4 Å². The SMILES string of the molecule is CC(=O)Nc1ccc([Si]2O[Si]3(C)O[Si]4(C)O[Si]5(C)O[Si](c6ccc(C)cc6)O[Si]6(C)O[Si](C)(O[Si](C)(O2)O[Si](C)(O6)O[Si](C)(O5)O3)O4)cc1. The molecular formula is C23H39NO15Si10. The summed E-state index contributed by atoms with van der Waals surface area (Å²) >= 11 is 0. The lowest BCUT2D eigenvalue weighted by atomic mass is 10.2. The molecule has 26 heteroatoms. The van der Waals surface area contributed by atoms with E-state index in [1.165, 1.54) is 6.92 Å². The number of carbonyl (C=O) groups excluding carboxylic acids is 1. The van der Waals surface area contributed by atoms with Gasteiger partial charge in [0, 0.05) is 65.0 Å². The van der Waals surface area contributed by atoms with Crippen molar-refractivity contribution in [2.24, 2.45) is 0 Å². The molecule has 6 aliphatic rings. The normalized spacial score (nSPS) is 44.4. The third-order valence-corrected chi connectivity index (χ3v) is 47.7. The van der Waals surface area contributed by atoms with E-state index in [1.54, 1.807) is 64.5 Å². The highest BCUT2D eigenvalue weighted by Gasteiger charge is 2.74. The van der Waals surface area contributed by atoms with Gasteiger partial charge in [-0.15, -0.1) is 0 Å². The zero-order valence-electron chi connectivity index (χ0n) is 28.7. The molecule has 16 nitrogen and oxygen atoms in total. The molecule has 0 aliphatic carbocycles. The van der Waals surface area contributed by atoms with Crippen LogP contribution in [0, 0.1) is 6.92 Å². The largest absolute Gasteiger partial charge is 0.475 e. The van der Waals surface area contributed by atoms with Gasteiger partial charge in [0.1, 0.15) is 0 Å². The van der Waals surface area contributed by atoms with E-state index in [2.05, 4.69) is 5.32 Å². The summed E-state index contributed by atoms with van der Waals surface area (Å²) in [7, 11) is -36.0. The number of nitrogens with one attached hydrogen (secondary N) is 1. The average molecular weight is 850 g/mol. The van der Waals surface area contributed by atoms with Crippen LogP contribution in [0.15, 0.2) is 48.5 Å². The number of fused-ring (bicyclic) bond motifs is 4. The van der Waals surface area contributed by atoms with Crippen molar-refractivity contribution in [3.63, 3.8) is 0 Å². The molecule has 1 amide bonds. The summed E-state index contributed by atoms with van der Waals surface area (Å²) < 4.78 is 96.3. The Morgan fingerprint density at radius 3 is 1.02 bits per heavy atom. The van der Waals surface area contributed by atoms with Crippen molar-refractivity contribution in [1.29, 1.82) is 0 Å². The first-order chi connectivity index (χ1) is 22.6. The Morgan fingerprint density at radius 2 is 0.735 bits per heavy atom. The molecule has 2 aromatic rings. The monoisotopic (exact) mass is 849 g/mol. The van der Waals surface area contributed by atoms with Gasteiger partial charge in [-0.2, -0.15) is 0 Å². The Labute approximate surface area is 297 Å². The van der Waals surface area contributed by atoms with Crippen molar-refractivity contribution in [2.45, 2.75) is 66.2 Å². The van der Waals surface area contributed by atoms with Gasteiger partial charge in [0.2, 0.25) is 5.91 Å². The molecule has 0 aromatic heterocycles. The first-order valence-corrected chi connectivity index (χ1v) is 36.0. The van der Waals surface area contributed by atoms with Gasteiger partial charge in [0.25, 0.3) is 0 Å². The second kappa shape index (κ2) is 12.3. The first-order valence-electron chi connectivity index (χ1n) is 15.6. The number of hydrogen-bond donors (Lipinski definition) is 1. The van der Waals surface area contributed by atoms with E-state index in [0.717, 1.165) is 10.8 Å². The number of carbonyl (C=O) groups is 1. The van der Waals surface area contributed by atoms with Crippen LogP contribution in [0.2, 0.25) is 52.4 Å². The Morgan fingerprint density at radius 1 is 0.469 bits per heavy atom. The number of anilines is 1. The van der Waals surface area contributed by atoms with Crippen molar-refractivity contribution in [3.05, 3.63) is 54.1 Å². The summed E-state index contributed by atoms with van der Waals surface area (Å²) in [5.74, 6) is -0.191. The second-order valence-electron chi connectivity index (χ2n) is 13.0. The summed E-state index contributed by atoms with van der Waals surface area (Å²) in [5.41, 5.74) is 1.69. The third-order valence-electron chi connectivity index (χ3n) is 7.55. The van der Waals surface area contributed by atoms with E-state index in [9.17, 15) is 4.79 Å². The molecule has 266 valence electrons. The molecule has 6 saturated heterocycles. The van der Waals surface area contributed by atoms with Crippen molar-refractivity contribution >= 4 is 111 Å². The predicted molar refractivity (Wildman–Crippen MR) is 191 cm³/mol. The van der Waals surface area contributed by atoms with Gasteiger partial charge in [-0.25, -0.2) is 0 Å². The molecule has 2 radical (unpaired) electrons. The Bertz CT molecular complexity index is 1530. The quantitative estimate of drug-likeness (QED) is 0.447. The minimum Gasteiger partial charge on any atom is -0.390 e. The van der Waals surface area contributed by atoms with Crippen molar-refractivity contribution in [3.8, 4) is 0 Å². The average Bonchev–Trinajstić information content (AvgIpc) is 2.87. The maximum atomic E-state index is 11.7. The molecule has 8 rings (SSSR count). The van der Waals surface area contributed by atoms with Crippen LogP contribution in [-0.4, -0.2) is 94.9 Å². The zero-order chi connectivity index (χ0) is 35.3. The fraction of sp³-hybridized carbons (Fsp3) is 0.435. The summed E-state index contributed by atoms with van der Waals surface area (Å²) in [6, 6.07) is 15.0. The van der Waals surface area contributed by atoms with Crippen molar-refractivity contribution < 1.29 is 62.4 Å². The lowest BCUT2D eigenvalue weighted by Crippen LogP contribution is -2.82. The molecule has 0 saturated carbocycles. The standard InChI is InChI=1S/C23H39NO15Si10/c1-19-11-15-22(16-12-19)40-26-42(3)30-46(7)34-44(5)28-41(23-17-13-21(14-18-23)24-20(2)25)29-45(6)36-48(9,38-46)32-43(4,27-40)33-49(10,37-45)39-47(8,31-42)35-44/h11-18H,1-10H3,(H,24,25). The van der Waals surface area contributed by atoms with E-state index in [0.29, 0.717) is 10.9 Å². The van der Waals surface area contributed by atoms with Crippen LogP contribution >= 0.6 is 0 Å². The van der Waals surface area contributed by atoms with Crippen molar-refractivity contribution in [2.75, 3.05) is 5.32 Å². The number of benzene rings is 2. The summed E-state index contributed by atoms with van der Waals surface area (Å²) in [4.78, 5) is 11.7. The highest BCUT2D eigenvalue weighted by molar-refractivity contribution is 7.00. The summed E-state index contributed by atoms with van der Waals surface area (Å²) in [5, 5.41) is 4.27. The number of amides is 1. The highest BCUT2D eigenvalue weighted by atomic mass is 28.6. The topological polar surface area (TPSA) is 158 Å². The fourth-order valence-corrected chi connectivity index (χ4v) is 55.6. The molecular weight excluding hydrogens is 811 g/mol. The number of aryl methyl sites for hydroxylation is 1. The minimum atomic E-state index is -3.93. The van der Waals surface area contributed by atoms with E-state index >= 15 is 0 Å². The minimum absolute atomic E-state index is 0.191. The smallest absolute Gasteiger partial charge is 0.390 e. The summed E-state index contributed by atoms with van der Waals surface area (Å²) in [6.45, 7) is 17.4. The van der Waals surface area contributed by atoms with E-state index in [-0.39, 0.29) is 5.91 Å². The van der Waals surface area contributed by atoms with Gasteiger partial charge in [-0.05, 0) is 29.4 Å². The molecule has 0 spiro atoms. The van der Waals surface area contributed by atoms with Gasteiger partial charge >= 0.3 is 89.0 Å². The zero-order valence-corrected chi connectivity index (χ0v) is 38.7. The van der Waals surface area contributed by atoms with Crippen LogP contribution in [0.1, 0.15) is 12.5 Å². The Kier molecular flexibility index (Phi) is 9.24. The number of rotatable bonds is 3. The van der Waals surface area contributed by atoms with Crippen LogP contribution in [0.25, 0.3) is 0 Å². The maximum absolute atomic E-state index is 11.7. The molecule has 6 heterocycles. The van der Waals surface area contributed by atoms with Gasteiger partial charge in [0.15, 0.2) is 0 Å². The molecule has 2 aromatic carbocycles. The van der Waals surface area contributed by atoms with Crippen LogP contribution in [0.5, 0.6) is 0 Å². The number of hydrogen-bond acceptors (Lipinski definition) is 15. The molecule has 1 N–H and O–H groups in total. The predicted octanol–water partition coefficient (Wildman–Crippen LogP) is 1.89. The molecule has 6 fully saturated rings. The van der Waals surface area contributed by atoms with E-state index in [1.807, 2.05) is 43.3 Å². The van der Waals surface area contributed by atoms with Crippen LogP contribution in [0.3, 0.4) is 0 Å². The van der Waals surface area contributed by atoms with Gasteiger partial charge in [0.05, 0.1) is 0 Å². The Balaban J connectivity index is 1.42. The Hall–Kier alpha value is -0.481. The van der Waals surface area contributed by atoms with Crippen molar-refractivity contribution in [1.82, 2.24) is 0 Å². The van der Waals surface area contributed by atoms with Crippen LogP contribution in [0.4, 0.5) is 5.69 Å². The van der Waals surface area contributed by atoms with E-state index in [4.69, 9.17) is 57.6 Å². The molecule has 4 unspecified atom stereocenters. The molecule has 6 aliphatic heterocycles. The van der Waals surface area contributed by atoms with Gasteiger partial charge in [-0.1, -0.05) is 42.0 Å². The maximum Gasteiger partial charge on any atom is 0.475 e. The first kappa shape index (κ1) is 36.9. The third kappa shape index (κ3) is 7.92. The van der Waals surface area contributed by atoms with Gasteiger partial charge < -0.3 is 62.9 Å². The molecule has 49 heavy (non-hydrogen) atoms. The molecule has 8 bridgehead atoms. The lowest BCUT2D eigenvalue weighted by molar-refractivity contribution is -0.114. The molecule has 4 atom stereocenters.